The minimum absolute atomic E-state index is 0.172. The predicted octanol–water partition coefficient (Wildman–Crippen LogP) is 3.14. The number of allylic oxidation sites excluding steroid dienone is 4. The maximum atomic E-state index is 12.7. The number of anilines is 1. The topological polar surface area (TPSA) is 176 Å². The van der Waals surface area contributed by atoms with Crippen molar-refractivity contribution in [3.05, 3.63) is 86.0 Å². The average Bonchev–Trinajstić information content (AvgIpc) is 3.08. The van der Waals surface area contributed by atoms with Crippen LogP contribution < -0.4 is 4.90 Å². The molecule has 4 aliphatic rings. The van der Waals surface area contributed by atoms with Gasteiger partial charge in [-0.05, 0) is 48.4 Å². The van der Waals surface area contributed by atoms with Gasteiger partial charge < -0.3 is 14.7 Å². The van der Waals surface area contributed by atoms with Crippen LogP contribution in [-0.4, -0.2) is 55.4 Å². The van der Waals surface area contributed by atoms with Gasteiger partial charge in [0.15, 0.2) is 10.7 Å². The van der Waals surface area contributed by atoms with Crippen LogP contribution in [0.3, 0.4) is 0 Å². The number of carboxylic acid groups (broad SMARTS) is 1. The fourth-order valence-electron chi connectivity index (χ4n) is 6.38. The summed E-state index contributed by atoms with van der Waals surface area (Å²) >= 11 is 0. The molecule has 0 radical (unpaired) electrons. The Morgan fingerprint density at radius 1 is 1.10 bits per heavy atom. The lowest BCUT2D eigenvalue weighted by Crippen LogP contribution is -2.41. The van der Waals surface area contributed by atoms with E-state index in [0.29, 0.717) is 24.2 Å². The number of aryl methyl sites for hydroxylation is 1. The van der Waals surface area contributed by atoms with Crippen LogP contribution in [0.5, 0.6) is 0 Å². The monoisotopic (exact) mass is 585 g/mol. The molecule has 3 aliphatic heterocycles. The Hall–Kier alpha value is -3.78. The first-order chi connectivity index (χ1) is 18.6. The van der Waals surface area contributed by atoms with Gasteiger partial charge in [-0.3, -0.25) is 18.7 Å². The number of hydrogen-bond donors (Lipinski definition) is 3. The Labute approximate surface area is 229 Å². The van der Waals surface area contributed by atoms with E-state index in [2.05, 4.69) is 0 Å². The maximum Gasteiger partial charge on any atom is 0.304 e. The summed E-state index contributed by atoms with van der Waals surface area (Å²) < 4.78 is 73.6. The Balaban J connectivity index is 1.68. The van der Waals surface area contributed by atoms with Gasteiger partial charge in [0.05, 0.1) is 6.42 Å². The van der Waals surface area contributed by atoms with Gasteiger partial charge in [0.2, 0.25) is 5.78 Å². The third-order valence-electron chi connectivity index (χ3n) is 7.82. The highest BCUT2D eigenvalue weighted by Crippen LogP contribution is 2.57. The number of aliphatic carboxylic acids is 1. The summed E-state index contributed by atoms with van der Waals surface area (Å²) in [6.07, 6.45) is 1.42. The van der Waals surface area contributed by atoms with E-state index in [4.69, 9.17) is 4.74 Å². The number of carbonyl (C=O) groups excluding carboxylic acids is 1. The number of benzene rings is 2. The number of rotatable bonds is 4. The van der Waals surface area contributed by atoms with Gasteiger partial charge in [0, 0.05) is 40.9 Å². The van der Waals surface area contributed by atoms with Crippen molar-refractivity contribution in [1.29, 1.82) is 0 Å². The molecule has 1 aliphatic carbocycles. The fraction of sp³-hybridized carbons (Fsp3) is 0.259. The molecule has 6 rings (SSSR count). The van der Waals surface area contributed by atoms with E-state index in [9.17, 15) is 40.6 Å². The normalized spacial score (nSPS) is 24.1. The molecule has 40 heavy (non-hydrogen) atoms. The van der Waals surface area contributed by atoms with Crippen LogP contribution in [0.2, 0.25) is 0 Å². The summed E-state index contributed by atoms with van der Waals surface area (Å²) in [6, 6.07) is 9.80. The number of carbonyl (C=O) groups is 2. The smallest absolute Gasteiger partial charge is 0.304 e. The molecular formula is C27H23NO10S2. The zero-order valence-corrected chi connectivity index (χ0v) is 22.8. The number of fused-ring (bicyclic) bond motifs is 7. The van der Waals surface area contributed by atoms with Gasteiger partial charge in [-0.1, -0.05) is 29.8 Å². The fourth-order valence-corrected chi connectivity index (χ4v) is 7.80. The highest BCUT2D eigenvalue weighted by molar-refractivity contribution is 7.93. The molecule has 2 aromatic rings. The van der Waals surface area contributed by atoms with Crippen molar-refractivity contribution < 1.29 is 45.4 Å². The summed E-state index contributed by atoms with van der Waals surface area (Å²) in [7, 11) is -10.4. The van der Waals surface area contributed by atoms with Crippen LogP contribution in [0.4, 0.5) is 5.69 Å². The minimum atomic E-state index is -5.26. The second-order valence-corrected chi connectivity index (χ2v) is 13.2. The van der Waals surface area contributed by atoms with Gasteiger partial charge in [0.1, 0.15) is 11.0 Å². The van der Waals surface area contributed by atoms with Crippen LogP contribution in [0, 0.1) is 6.92 Å². The lowest BCUT2D eigenvalue weighted by atomic mass is 9.73. The highest BCUT2D eigenvalue weighted by Gasteiger charge is 2.52. The third-order valence-corrected chi connectivity index (χ3v) is 9.57. The number of ketones is 1. The van der Waals surface area contributed by atoms with Gasteiger partial charge in [-0.2, -0.15) is 16.8 Å². The highest BCUT2D eigenvalue weighted by atomic mass is 32.2. The van der Waals surface area contributed by atoms with E-state index in [1.54, 1.807) is 6.92 Å². The van der Waals surface area contributed by atoms with Crippen molar-refractivity contribution >= 4 is 48.4 Å². The molecule has 2 aromatic carbocycles. The predicted molar refractivity (Wildman–Crippen MR) is 143 cm³/mol. The lowest BCUT2D eigenvalue weighted by molar-refractivity contribution is -0.138. The van der Waals surface area contributed by atoms with Crippen LogP contribution in [0.25, 0.3) is 10.8 Å². The Morgan fingerprint density at radius 3 is 2.48 bits per heavy atom. The van der Waals surface area contributed by atoms with E-state index in [-0.39, 0.29) is 12.0 Å². The molecule has 2 atom stereocenters. The van der Waals surface area contributed by atoms with E-state index in [1.165, 1.54) is 6.08 Å². The molecular weight excluding hydrogens is 562 g/mol. The van der Waals surface area contributed by atoms with E-state index in [1.807, 2.05) is 42.2 Å². The number of ether oxygens (including phenoxy) is 1. The van der Waals surface area contributed by atoms with Crippen LogP contribution in [-0.2, 0) is 40.0 Å². The van der Waals surface area contributed by atoms with E-state index in [0.717, 1.165) is 33.7 Å². The first-order valence-corrected chi connectivity index (χ1v) is 15.1. The number of hydrogen-bond acceptors (Lipinski definition) is 8. The van der Waals surface area contributed by atoms with Crippen molar-refractivity contribution in [2.45, 2.75) is 38.2 Å². The molecule has 3 heterocycles. The van der Waals surface area contributed by atoms with Gasteiger partial charge >= 0.3 is 16.1 Å². The number of Topliss-reactive ketones (excluding diaryl/α,β-unsaturated/α-hetero) is 1. The zero-order valence-electron chi connectivity index (χ0n) is 21.2. The largest absolute Gasteiger partial charge is 0.483 e. The van der Waals surface area contributed by atoms with Gasteiger partial charge in [-0.15, -0.1) is 0 Å². The van der Waals surface area contributed by atoms with Crippen molar-refractivity contribution in [3.8, 4) is 0 Å². The van der Waals surface area contributed by atoms with Crippen molar-refractivity contribution in [2.24, 2.45) is 0 Å². The molecule has 0 fully saturated rings. The molecule has 0 bridgehead atoms. The number of nitrogens with zero attached hydrogens (tertiary/aromatic N) is 1. The minimum Gasteiger partial charge on any atom is -0.483 e. The molecule has 0 amide bonds. The first kappa shape index (κ1) is 26.4. The van der Waals surface area contributed by atoms with Gasteiger partial charge in [-0.25, -0.2) is 0 Å². The summed E-state index contributed by atoms with van der Waals surface area (Å²) in [4.78, 5) is 24.4. The molecule has 13 heteroatoms. The van der Waals surface area contributed by atoms with E-state index >= 15 is 0 Å². The molecule has 2 unspecified atom stereocenters. The second kappa shape index (κ2) is 8.36. The molecule has 208 valence electrons. The third kappa shape index (κ3) is 3.76. The Morgan fingerprint density at radius 2 is 1.82 bits per heavy atom. The maximum absolute atomic E-state index is 12.7. The number of carboxylic acids is 1. The van der Waals surface area contributed by atoms with Crippen molar-refractivity contribution in [2.75, 3.05) is 11.4 Å². The molecule has 0 aromatic heterocycles. The second-order valence-electron chi connectivity index (χ2n) is 10.5. The summed E-state index contributed by atoms with van der Waals surface area (Å²) in [6.45, 7) is 4.14. The Kier molecular flexibility index (Phi) is 5.53. The molecule has 0 spiro atoms. The molecule has 0 saturated heterocycles. The quantitative estimate of drug-likeness (QED) is 0.450. The van der Waals surface area contributed by atoms with Crippen molar-refractivity contribution in [3.63, 3.8) is 0 Å². The Bertz CT molecular complexity index is 1930. The molecule has 3 N–H and O–H groups in total. The lowest BCUT2D eigenvalue weighted by Gasteiger charge is -2.41. The van der Waals surface area contributed by atoms with Crippen molar-refractivity contribution in [1.82, 2.24) is 0 Å². The van der Waals surface area contributed by atoms with E-state index < -0.39 is 59.1 Å². The van der Waals surface area contributed by atoms with Crippen LogP contribution in [0.1, 0.15) is 30.9 Å². The van der Waals surface area contributed by atoms with Crippen LogP contribution >= 0.6 is 0 Å². The standard InChI is InChI=1S/C27H23NO10S2/c1-13-3-5-16-14(9-13)4-6-18-22(16)27(2,12-21(29)30)26-17-10-15-11-20(39(32,33)34)23(31)25(40(35,36)37)24(15)38-19(17)7-8-28(18)26/h3-6,9-11,19H,7-8,12H2,1-2H3,(H,29,30)(H,32,33,34)(H,35,36,37). The average molecular weight is 586 g/mol. The summed E-state index contributed by atoms with van der Waals surface area (Å²) in [5, 5.41) is 11.8. The summed E-state index contributed by atoms with van der Waals surface area (Å²) in [5.41, 5.74) is 2.48. The SMILES string of the molecule is Cc1ccc2c3c(ccc2c1)N1CCC2OC4=C(S(=O)(=O)O)C(=O)C(S(=O)(=O)O)=CC4=CC2=C1C3(C)CC(=O)O. The zero-order chi connectivity index (χ0) is 28.9. The first-order valence-electron chi connectivity index (χ1n) is 12.2. The molecule has 11 nitrogen and oxygen atoms in total. The molecule has 0 saturated carbocycles. The summed E-state index contributed by atoms with van der Waals surface area (Å²) in [5.74, 6) is -3.19. The van der Waals surface area contributed by atoms with Gasteiger partial charge in [0.25, 0.3) is 10.1 Å². The van der Waals surface area contributed by atoms with Crippen LogP contribution in [0.15, 0.2) is 74.9 Å².